The molecule has 96 valence electrons. The number of aryl methyl sites for hydroxylation is 2. The summed E-state index contributed by atoms with van der Waals surface area (Å²) >= 11 is 0. The average Bonchev–Trinajstić information content (AvgIpc) is 2.61. The molecule has 0 amide bonds. The van der Waals surface area contributed by atoms with E-state index in [2.05, 4.69) is 4.98 Å². The number of para-hydroxylation sites is 1. The molecule has 2 aromatic rings. The number of benzene rings is 1. The van der Waals surface area contributed by atoms with Gasteiger partial charge in [0.1, 0.15) is 11.3 Å². The molecule has 18 heavy (non-hydrogen) atoms. The van der Waals surface area contributed by atoms with Crippen LogP contribution in [0.15, 0.2) is 18.2 Å². The molecule has 0 saturated heterocycles. The molecule has 0 saturated carbocycles. The molecule has 5 nitrogen and oxygen atoms in total. The summed E-state index contributed by atoms with van der Waals surface area (Å²) in [5, 5.41) is 9.10. The second kappa shape index (κ2) is 4.89. The minimum atomic E-state index is -0.982. The Morgan fingerprint density at radius 2 is 2.22 bits per heavy atom. The maximum atomic E-state index is 11.1. The first-order valence-electron chi connectivity index (χ1n) is 5.50. The monoisotopic (exact) mass is 266 g/mol. The van der Waals surface area contributed by atoms with Crippen LogP contribution in [0.2, 0.25) is 0 Å². The van der Waals surface area contributed by atoms with Crippen LogP contribution < -0.4 is 0 Å². The summed E-state index contributed by atoms with van der Waals surface area (Å²) < 4.78 is 13.1. The molecule has 0 fully saturated rings. The lowest BCUT2D eigenvalue weighted by Gasteiger charge is -2.05. The fourth-order valence-electron chi connectivity index (χ4n) is 1.94. The quantitative estimate of drug-likeness (QED) is 0.908. The first-order valence-corrected chi connectivity index (χ1v) is 7.22. The Balaban J connectivity index is 2.54. The van der Waals surface area contributed by atoms with E-state index < -0.39 is 16.8 Å². The molecule has 0 radical (unpaired) electrons. The molecule has 1 N–H and O–H groups in total. The molecule has 0 spiro atoms. The lowest BCUT2D eigenvalue weighted by atomic mass is 10.2. The van der Waals surface area contributed by atoms with Crippen molar-refractivity contribution in [1.82, 2.24) is 9.55 Å². The fourth-order valence-corrected chi connectivity index (χ4v) is 2.38. The van der Waals surface area contributed by atoms with Crippen molar-refractivity contribution < 1.29 is 14.1 Å². The smallest absolute Gasteiger partial charge is 0.337 e. The largest absolute Gasteiger partial charge is 0.478 e. The second-order valence-corrected chi connectivity index (χ2v) is 5.62. The Bertz CT molecular complexity index is 634. The van der Waals surface area contributed by atoms with E-state index in [1.807, 2.05) is 17.6 Å². The molecule has 6 heteroatoms. The molecule has 1 aromatic heterocycles. The predicted molar refractivity (Wildman–Crippen MR) is 70.4 cm³/mol. The van der Waals surface area contributed by atoms with Gasteiger partial charge < -0.3 is 9.67 Å². The normalized spacial score (nSPS) is 12.8. The van der Waals surface area contributed by atoms with Crippen LogP contribution in [0.4, 0.5) is 0 Å². The van der Waals surface area contributed by atoms with E-state index in [-0.39, 0.29) is 5.56 Å². The lowest BCUT2D eigenvalue weighted by molar-refractivity contribution is 0.0699. The zero-order valence-corrected chi connectivity index (χ0v) is 11.0. The van der Waals surface area contributed by atoms with Gasteiger partial charge in [-0.25, -0.2) is 9.78 Å². The van der Waals surface area contributed by atoms with Gasteiger partial charge in [0.25, 0.3) is 0 Å². The standard InChI is InChI=1S/C12H14N2O3S/c1-8-13-11-9(12(15)16)4-3-5-10(11)14(8)6-7-18(2)17/h3-5H,6-7H2,1-2H3,(H,15,16). The summed E-state index contributed by atoms with van der Waals surface area (Å²) in [4.78, 5) is 15.4. The number of carboxylic acid groups (broad SMARTS) is 1. The summed E-state index contributed by atoms with van der Waals surface area (Å²) in [5.41, 5.74) is 1.47. The van der Waals surface area contributed by atoms with Crippen LogP contribution in [0.1, 0.15) is 16.2 Å². The summed E-state index contributed by atoms with van der Waals surface area (Å²) in [6.45, 7) is 2.40. The molecule has 2 rings (SSSR count). The number of fused-ring (bicyclic) bond motifs is 1. The minimum Gasteiger partial charge on any atom is -0.478 e. The van der Waals surface area contributed by atoms with Crippen LogP contribution in [0.5, 0.6) is 0 Å². The number of aromatic carboxylic acids is 1. The van der Waals surface area contributed by atoms with Gasteiger partial charge in [0.2, 0.25) is 0 Å². The van der Waals surface area contributed by atoms with E-state index >= 15 is 0 Å². The maximum absolute atomic E-state index is 11.1. The Labute approximate surface area is 107 Å². The highest BCUT2D eigenvalue weighted by atomic mass is 32.2. The Morgan fingerprint density at radius 1 is 1.50 bits per heavy atom. The van der Waals surface area contributed by atoms with E-state index in [1.54, 1.807) is 18.4 Å². The number of nitrogens with zero attached hydrogens (tertiary/aromatic N) is 2. The van der Waals surface area contributed by atoms with Gasteiger partial charge in [0.05, 0.1) is 11.1 Å². The van der Waals surface area contributed by atoms with Crippen LogP contribution in [-0.4, -0.2) is 36.8 Å². The van der Waals surface area contributed by atoms with Crippen molar-refractivity contribution in [2.75, 3.05) is 12.0 Å². The van der Waals surface area contributed by atoms with Gasteiger partial charge in [-0.2, -0.15) is 0 Å². The summed E-state index contributed by atoms with van der Waals surface area (Å²) in [6, 6.07) is 5.08. The van der Waals surface area contributed by atoms with Crippen molar-refractivity contribution in [2.24, 2.45) is 0 Å². The molecular weight excluding hydrogens is 252 g/mol. The Hall–Kier alpha value is -1.69. The van der Waals surface area contributed by atoms with Gasteiger partial charge in [-0.1, -0.05) is 6.07 Å². The second-order valence-electron chi connectivity index (χ2n) is 4.07. The lowest BCUT2D eigenvalue weighted by Crippen LogP contribution is -2.08. The van der Waals surface area contributed by atoms with Crippen molar-refractivity contribution >= 4 is 27.8 Å². The number of carbonyl (C=O) groups is 1. The highest BCUT2D eigenvalue weighted by molar-refractivity contribution is 7.84. The van der Waals surface area contributed by atoms with Crippen molar-refractivity contribution in [2.45, 2.75) is 13.5 Å². The SMILES string of the molecule is Cc1nc2c(C(=O)O)cccc2n1CCS(C)=O. The number of carboxylic acids is 1. The van der Waals surface area contributed by atoms with Crippen molar-refractivity contribution in [3.05, 3.63) is 29.6 Å². The number of aromatic nitrogens is 2. The zero-order valence-electron chi connectivity index (χ0n) is 10.2. The molecule has 1 unspecified atom stereocenters. The molecule has 0 aliphatic rings. The fraction of sp³-hybridized carbons (Fsp3) is 0.333. The third kappa shape index (κ3) is 2.28. The zero-order chi connectivity index (χ0) is 13.3. The molecular formula is C12H14N2O3S. The molecule has 1 heterocycles. The van der Waals surface area contributed by atoms with Gasteiger partial charge in [-0.3, -0.25) is 4.21 Å². The van der Waals surface area contributed by atoms with Gasteiger partial charge in [0.15, 0.2) is 0 Å². The van der Waals surface area contributed by atoms with E-state index in [4.69, 9.17) is 5.11 Å². The van der Waals surface area contributed by atoms with Crippen LogP contribution >= 0.6 is 0 Å². The highest BCUT2D eigenvalue weighted by Crippen LogP contribution is 2.20. The summed E-state index contributed by atoms with van der Waals surface area (Å²) in [7, 11) is -0.880. The Morgan fingerprint density at radius 3 is 2.83 bits per heavy atom. The number of rotatable bonds is 4. The van der Waals surface area contributed by atoms with E-state index in [0.29, 0.717) is 17.8 Å². The third-order valence-electron chi connectivity index (χ3n) is 2.80. The number of imidazole rings is 1. The summed E-state index contributed by atoms with van der Waals surface area (Å²) in [5.74, 6) is 0.289. The first-order chi connectivity index (χ1) is 8.50. The van der Waals surface area contributed by atoms with E-state index in [1.165, 1.54) is 0 Å². The van der Waals surface area contributed by atoms with Crippen molar-refractivity contribution in [3.8, 4) is 0 Å². The van der Waals surface area contributed by atoms with Crippen LogP contribution in [0, 0.1) is 6.92 Å². The van der Waals surface area contributed by atoms with Crippen molar-refractivity contribution in [1.29, 1.82) is 0 Å². The molecule has 0 bridgehead atoms. The van der Waals surface area contributed by atoms with E-state index in [9.17, 15) is 9.00 Å². The van der Waals surface area contributed by atoms with Gasteiger partial charge >= 0.3 is 5.97 Å². The molecule has 0 aliphatic heterocycles. The predicted octanol–water partition coefficient (Wildman–Crippen LogP) is 1.42. The topological polar surface area (TPSA) is 72.2 Å². The number of hydrogen-bond acceptors (Lipinski definition) is 3. The van der Waals surface area contributed by atoms with Crippen LogP contribution in [0.25, 0.3) is 11.0 Å². The van der Waals surface area contributed by atoms with Gasteiger partial charge in [-0.05, 0) is 19.1 Å². The molecule has 1 aromatic carbocycles. The Kier molecular flexibility index (Phi) is 3.47. The highest BCUT2D eigenvalue weighted by Gasteiger charge is 2.14. The van der Waals surface area contributed by atoms with E-state index in [0.717, 1.165) is 11.3 Å². The minimum absolute atomic E-state index is 0.201. The van der Waals surface area contributed by atoms with Crippen LogP contribution in [-0.2, 0) is 17.3 Å². The summed E-state index contributed by atoms with van der Waals surface area (Å²) in [6.07, 6.45) is 1.65. The average molecular weight is 266 g/mol. The third-order valence-corrected chi connectivity index (χ3v) is 3.56. The molecule has 1 atom stereocenters. The van der Waals surface area contributed by atoms with Crippen molar-refractivity contribution in [3.63, 3.8) is 0 Å². The molecule has 0 aliphatic carbocycles. The van der Waals surface area contributed by atoms with Gasteiger partial charge in [0, 0.05) is 29.4 Å². The van der Waals surface area contributed by atoms with Crippen LogP contribution in [0.3, 0.4) is 0 Å². The number of hydrogen-bond donors (Lipinski definition) is 1. The van der Waals surface area contributed by atoms with Gasteiger partial charge in [-0.15, -0.1) is 0 Å². The first kappa shape index (κ1) is 12.8. The maximum Gasteiger partial charge on any atom is 0.337 e.